The summed E-state index contributed by atoms with van der Waals surface area (Å²) in [6, 6.07) is 3.27. The van der Waals surface area contributed by atoms with Gasteiger partial charge in [-0.05, 0) is 37.5 Å². The summed E-state index contributed by atoms with van der Waals surface area (Å²) in [6.45, 7) is 5.48. The molecule has 0 saturated heterocycles. The molecule has 0 radical (unpaired) electrons. The van der Waals surface area contributed by atoms with Crippen LogP contribution in [0.3, 0.4) is 0 Å². The van der Waals surface area contributed by atoms with Gasteiger partial charge in [-0.2, -0.15) is 0 Å². The van der Waals surface area contributed by atoms with Crippen molar-refractivity contribution < 1.29 is 13.6 Å². The first-order valence-electron chi connectivity index (χ1n) is 6.78. The molecule has 1 amide bonds. The van der Waals surface area contributed by atoms with Crippen molar-refractivity contribution in [3.8, 4) is 0 Å². The molecular weight excluding hydrogens is 262 g/mol. The second-order valence-corrected chi connectivity index (χ2v) is 5.13. The second-order valence-electron chi connectivity index (χ2n) is 5.13. The first kappa shape index (κ1) is 16.6. The topological polar surface area (TPSA) is 46.3 Å². The summed E-state index contributed by atoms with van der Waals surface area (Å²) in [5, 5.41) is 0. The Labute approximate surface area is 118 Å². The number of hydrogen-bond donors (Lipinski definition) is 1. The fourth-order valence-corrected chi connectivity index (χ4v) is 2.08. The molecule has 0 bridgehead atoms. The molecule has 1 rings (SSSR count). The van der Waals surface area contributed by atoms with Crippen LogP contribution in [0.25, 0.3) is 0 Å². The highest BCUT2D eigenvalue weighted by atomic mass is 19.2. The Balaban J connectivity index is 2.99. The number of likely N-dealkylation sites (N-methyl/N-ethyl adjacent to an activating group) is 1. The Morgan fingerprint density at radius 3 is 2.30 bits per heavy atom. The van der Waals surface area contributed by atoms with Crippen molar-refractivity contribution in [3.63, 3.8) is 0 Å². The molecule has 1 aromatic rings. The molecule has 1 aromatic carbocycles. The number of carbonyl (C=O) groups is 1. The van der Waals surface area contributed by atoms with Crippen molar-refractivity contribution in [1.29, 1.82) is 0 Å². The van der Waals surface area contributed by atoms with Crippen molar-refractivity contribution in [2.24, 2.45) is 5.73 Å². The quantitative estimate of drug-likeness (QED) is 0.903. The Hall–Kier alpha value is -1.49. The zero-order valence-electron chi connectivity index (χ0n) is 12.4. The van der Waals surface area contributed by atoms with Crippen LogP contribution in [0.2, 0.25) is 0 Å². The average molecular weight is 284 g/mol. The van der Waals surface area contributed by atoms with Gasteiger partial charge in [0.1, 0.15) is 0 Å². The third kappa shape index (κ3) is 3.15. The molecule has 0 spiro atoms. The number of amides is 1. The summed E-state index contributed by atoms with van der Waals surface area (Å²) < 4.78 is 26.2. The normalized spacial score (nSPS) is 13.2. The minimum absolute atomic E-state index is 0.195. The number of halogens is 2. The van der Waals surface area contributed by atoms with Gasteiger partial charge in [-0.25, -0.2) is 8.78 Å². The van der Waals surface area contributed by atoms with Gasteiger partial charge in [0.05, 0.1) is 11.6 Å². The highest BCUT2D eigenvalue weighted by Crippen LogP contribution is 2.24. The van der Waals surface area contributed by atoms with E-state index in [-0.39, 0.29) is 11.9 Å². The smallest absolute Gasteiger partial charge is 0.242 e. The number of benzene rings is 1. The number of hydrogen-bond acceptors (Lipinski definition) is 2. The first-order valence-corrected chi connectivity index (χ1v) is 6.78. The highest BCUT2D eigenvalue weighted by Gasteiger charge is 2.34. The summed E-state index contributed by atoms with van der Waals surface area (Å²) in [6.07, 6.45) is 1.05. The van der Waals surface area contributed by atoms with E-state index in [2.05, 4.69) is 0 Å². The molecule has 20 heavy (non-hydrogen) atoms. The van der Waals surface area contributed by atoms with Crippen molar-refractivity contribution >= 4 is 5.91 Å². The maximum Gasteiger partial charge on any atom is 0.242 e. The molecule has 0 saturated carbocycles. The molecule has 1 unspecified atom stereocenters. The van der Waals surface area contributed by atoms with Gasteiger partial charge >= 0.3 is 0 Å². The van der Waals surface area contributed by atoms with Gasteiger partial charge in [-0.3, -0.25) is 4.79 Å². The highest BCUT2D eigenvalue weighted by molar-refractivity contribution is 5.86. The number of carbonyl (C=O) groups excluding carboxylic acids is 1. The van der Waals surface area contributed by atoms with E-state index in [0.29, 0.717) is 18.4 Å². The summed E-state index contributed by atoms with van der Waals surface area (Å²) >= 11 is 0. The predicted octanol–water partition coefficient (Wildman–Crippen LogP) is 3.00. The van der Waals surface area contributed by atoms with E-state index in [0.717, 1.165) is 12.1 Å². The fraction of sp³-hybridized carbons (Fsp3) is 0.533. The molecule has 0 aliphatic heterocycles. The van der Waals surface area contributed by atoms with Crippen LogP contribution < -0.4 is 5.73 Å². The van der Waals surface area contributed by atoms with Gasteiger partial charge in [-0.15, -0.1) is 0 Å². The molecular formula is C15H22F2N2O. The minimum atomic E-state index is -0.916. The zero-order valence-corrected chi connectivity index (χ0v) is 12.4. The predicted molar refractivity (Wildman–Crippen MR) is 75.0 cm³/mol. The molecule has 1 atom stereocenters. The van der Waals surface area contributed by atoms with Crippen molar-refractivity contribution in [3.05, 3.63) is 35.4 Å². The molecule has 5 heteroatoms. The molecule has 112 valence electrons. The lowest BCUT2D eigenvalue weighted by molar-refractivity contribution is -0.138. The maximum absolute atomic E-state index is 13.3. The van der Waals surface area contributed by atoms with Crippen molar-refractivity contribution in [2.45, 2.75) is 45.2 Å². The Kier molecular flexibility index (Phi) is 5.22. The van der Waals surface area contributed by atoms with Gasteiger partial charge in [-0.1, -0.05) is 19.9 Å². The van der Waals surface area contributed by atoms with Gasteiger partial charge in [0.25, 0.3) is 0 Å². The van der Waals surface area contributed by atoms with Crippen LogP contribution in [0.15, 0.2) is 18.2 Å². The van der Waals surface area contributed by atoms with Gasteiger partial charge in [0.15, 0.2) is 11.6 Å². The van der Waals surface area contributed by atoms with Crippen LogP contribution in [-0.2, 0) is 4.79 Å². The minimum Gasteiger partial charge on any atom is -0.337 e. The van der Waals surface area contributed by atoms with Crippen LogP contribution >= 0.6 is 0 Å². The fourth-order valence-electron chi connectivity index (χ4n) is 2.08. The standard InChI is InChI=1S/C15H22F2N2O/c1-5-15(18,6-2)14(20)19(4)10(3)11-7-8-12(16)13(17)9-11/h7-10H,5-6,18H2,1-4H3. The molecule has 0 fully saturated rings. The van der Waals surface area contributed by atoms with Crippen LogP contribution in [0, 0.1) is 11.6 Å². The number of rotatable bonds is 5. The van der Waals surface area contributed by atoms with Gasteiger partial charge < -0.3 is 10.6 Å². The van der Waals surface area contributed by atoms with E-state index in [1.807, 2.05) is 13.8 Å². The Morgan fingerprint density at radius 2 is 1.85 bits per heavy atom. The van der Waals surface area contributed by atoms with E-state index in [1.54, 1.807) is 14.0 Å². The summed E-state index contributed by atoms with van der Waals surface area (Å²) in [4.78, 5) is 13.9. The lowest BCUT2D eigenvalue weighted by Crippen LogP contribution is -2.54. The van der Waals surface area contributed by atoms with E-state index in [4.69, 9.17) is 5.73 Å². The number of nitrogens with zero attached hydrogens (tertiary/aromatic N) is 1. The number of nitrogens with two attached hydrogens (primary N) is 1. The average Bonchev–Trinajstić information content (AvgIpc) is 2.46. The molecule has 0 aliphatic carbocycles. The van der Waals surface area contributed by atoms with Crippen LogP contribution in [0.4, 0.5) is 8.78 Å². The Bertz CT molecular complexity index is 487. The molecule has 0 heterocycles. The van der Waals surface area contributed by atoms with Gasteiger partial charge in [0.2, 0.25) is 5.91 Å². The molecule has 3 nitrogen and oxygen atoms in total. The summed E-state index contributed by atoms with van der Waals surface area (Å²) in [5.41, 5.74) is 5.71. The van der Waals surface area contributed by atoms with Crippen molar-refractivity contribution in [2.75, 3.05) is 7.05 Å². The third-order valence-electron chi connectivity index (χ3n) is 4.02. The van der Waals surface area contributed by atoms with E-state index < -0.39 is 17.2 Å². The van der Waals surface area contributed by atoms with Crippen LogP contribution in [0.1, 0.15) is 45.2 Å². The molecule has 2 N–H and O–H groups in total. The summed E-state index contributed by atoms with van der Waals surface area (Å²) in [7, 11) is 1.63. The van der Waals surface area contributed by atoms with E-state index in [1.165, 1.54) is 11.0 Å². The molecule has 0 aromatic heterocycles. The largest absolute Gasteiger partial charge is 0.337 e. The van der Waals surface area contributed by atoms with Crippen LogP contribution in [0.5, 0.6) is 0 Å². The van der Waals surface area contributed by atoms with E-state index >= 15 is 0 Å². The van der Waals surface area contributed by atoms with Crippen LogP contribution in [-0.4, -0.2) is 23.4 Å². The molecule has 0 aliphatic rings. The SMILES string of the molecule is CCC(N)(CC)C(=O)N(C)C(C)c1ccc(F)c(F)c1. The zero-order chi connectivity index (χ0) is 15.5. The second kappa shape index (κ2) is 6.31. The summed E-state index contributed by atoms with van der Waals surface area (Å²) in [5.74, 6) is -2.01. The lowest BCUT2D eigenvalue weighted by Gasteiger charge is -2.34. The third-order valence-corrected chi connectivity index (χ3v) is 4.02. The van der Waals surface area contributed by atoms with E-state index in [9.17, 15) is 13.6 Å². The lowest BCUT2D eigenvalue weighted by atomic mass is 9.91. The maximum atomic E-state index is 13.3. The Morgan fingerprint density at radius 1 is 1.30 bits per heavy atom. The van der Waals surface area contributed by atoms with Crippen molar-refractivity contribution in [1.82, 2.24) is 4.90 Å². The van der Waals surface area contributed by atoms with Gasteiger partial charge in [0, 0.05) is 7.05 Å². The monoisotopic (exact) mass is 284 g/mol. The first-order chi connectivity index (χ1) is 9.26.